The van der Waals surface area contributed by atoms with Crippen molar-refractivity contribution in [2.24, 2.45) is 0 Å². The van der Waals surface area contributed by atoms with E-state index in [1.807, 2.05) is 0 Å². The van der Waals surface area contributed by atoms with Crippen LogP contribution in [0.1, 0.15) is 38.5 Å². The Kier molecular flexibility index (Phi) is 8.43. The summed E-state index contributed by atoms with van der Waals surface area (Å²) >= 11 is 0. The van der Waals surface area contributed by atoms with Gasteiger partial charge < -0.3 is 9.47 Å². The van der Waals surface area contributed by atoms with E-state index in [1.54, 1.807) is 0 Å². The summed E-state index contributed by atoms with van der Waals surface area (Å²) in [6.07, 6.45) is 0.913. The smallest absolute Gasteiger partial charge is 0.305 e. The van der Waals surface area contributed by atoms with Crippen LogP contribution in [0.4, 0.5) is 0 Å². The zero-order valence-electron chi connectivity index (χ0n) is 10.7. The number of Topliss-reactive ketones (excluding diaryl/α,β-unsaturated/α-hetero) is 2. The van der Waals surface area contributed by atoms with Crippen LogP contribution in [0, 0.1) is 0 Å². The molecule has 0 bridgehead atoms. The SMILES string of the molecule is COC(=O)CCCC(=O)C(=O)CCCC(=O)OC. The number of esters is 2. The van der Waals surface area contributed by atoms with Crippen molar-refractivity contribution in [3.63, 3.8) is 0 Å². The molecule has 18 heavy (non-hydrogen) atoms. The molecule has 0 aliphatic rings. The lowest BCUT2D eigenvalue weighted by Gasteiger charge is -2.00. The van der Waals surface area contributed by atoms with Gasteiger partial charge in [-0.3, -0.25) is 19.2 Å². The zero-order chi connectivity index (χ0) is 14.0. The van der Waals surface area contributed by atoms with Crippen molar-refractivity contribution in [1.29, 1.82) is 0 Å². The van der Waals surface area contributed by atoms with Crippen LogP contribution in [-0.4, -0.2) is 37.7 Å². The van der Waals surface area contributed by atoms with Crippen LogP contribution < -0.4 is 0 Å². The summed E-state index contributed by atoms with van der Waals surface area (Å²) in [5.41, 5.74) is 0. The van der Waals surface area contributed by atoms with Crippen LogP contribution in [0.3, 0.4) is 0 Å². The Bertz CT molecular complexity index is 289. The molecule has 102 valence electrons. The van der Waals surface area contributed by atoms with E-state index >= 15 is 0 Å². The lowest BCUT2D eigenvalue weighted by Crippen LogP contribution is -2.14. The molecule has 0 fully saturated rings. The molecule has 6 nitrogen and oxygen atoms in total. The summed E-state index contributed by atoms with van der Waals surface area (Å²) < 4.78 is 8.82. The molecule has 0 spiro atoms. The van der Waals surface area contributed by atoms with Crippen LogP contribution in [0.25, 0.3) is 0 Å². The predicted octanol–water partition coefficient (Wildman–Crippen LogP) is 0.811. The van der Waals surface area contributed by atoms with Crippen molar-refractivity contribution in [2.75, 3.05) is 14.2 Å². The molecule has 0 aromatic carbocycles. The lowest BCUT2D eigenvalue weighted by atomic mass is 10.1. The molecule has 0 N–H and O–H groups in total. The third kappa shape index (κ3) is 7.54. The highest BCUT2D eigenvalue weighted by atomic mass is 16.5. The summed E-state index contributed by atoms with van der Waals surface area (Å²) in [4.78, 5) is 44.2. The van der Waals surface area contributed by atoms with Crippen molar-refractivity contribution >= 4 is 23.5 Å². The molecule has 0 atom stereocenters. The topological polar surface area (TPSA) is 86.7 Å². The molecular formula is C12H18O6. The molecule has 6 heteroatoms. The number of methoxy groups -OCH3 is 2. The van der Waals surface area contributed by atoms with Crippen molar-refractivity contribution in [1.82, 2.24) is 0 Å². The van der Waals surface area contributed by atoms with E-state index in [0.717, 1.165) is 0 Å². The first-order valence-corrected chi connectivity index (χ1v) is 5.71. The van der Waals surface area contributed by atoms with Gasteiger partial charge in [-0.1, -0.05) is 0 Å². The average Bonchev–Trinajstić information content (AvgIpc) is 2.37. The van der Waals surface area contributed by atoms with Gasteiger partial charge in [0.2, 0.25) is 0 Å². The van der Waals surface area contributed by atoms with E-state index in [0.29, 0.717) is 12.8 Å². The van der Waals surface area contributed by atoms with Crippen molar-refractivity contribution in [2.45, 2.75) is 38.5 Å². The molecule has 0 rings (SSSR count). The maximum atomic E-state index is 11.3. The maximum absolute atomic E-state index is 11.3. The van der Waals surface area contributed by atoms with Crippen molar-refractivity contribution in [3.05, 3.63) is 0 Å². The van der Waals surface area contributed by atoms with Gasteiger partial charge in [0.05, 0.1) is 14.2 Å². The van der Waals surface area contributed by atoms with Gasteiger partial charge in [-0.05, 0) is 12.8 Å². The molecule has 0 saturated heterocycles. The molecule has 0 aromatic heterocycles. The molecule has 0 unspecified atom stereocenters. The molecule has 0 saturated carbocycles. The number of ether oxygens (including phenoxy) is 2. The second kappa shape index (κ2) is 9.32. The molecule has 0 aliphatic heterocycles. The van der Waals surface area contributed by atoms with Gasteiger partial charge in [0, 0.05) is 25.7 Å². The number of hydrogen-bond donors (Lipinski definition) is 0. The molecule has 0 aromatic rings. The lowest BCUT2D eigenvalue weighted by molar-refractivity contribution is -0.142. The summed E-state index contributed by atoms with van der Waals surface area (Å²) in [6, 6.07) is 0. The summed E-state index contributed by atoms with van der Waals surface area (Å²) in [7, 11) is 2.53. The fourth-order valence-electron chi connectivity index (χ4n) is 1.27. The van der Waals surface area contributed by atoms with E-state index in [4.69, 9.17) is 0 Å². The second-order valence-corrected chi connectivity index (χ2v) is 3.71. The Morgan fingerprint density at radius 3 is 1.28 bits per heavy atom. The number of carbonyl (C=O) groups is 4. The molecule has 0 aliphatic carbocycles. The van der Waals surface area contributed by atoms with Gasteiger partial charge in [-0.25, -0.2) is 0 Å². The van der Waals surface area contributed by atoms with Crippen LogP contribution >= 0.6 is 0 Å². The van der Waals surface area contributed by atoms with Gasteiger partial charge >= 0.3 is 11.9 Å². The first-order valence-electron chi connectivity index (χ1n) is 5.71. The van der Waals surface area contributed by atoms with Gasteiger partial charge in [0.25, 0.3) is 0 Å². The first kappa shape index (κ1) is 16.3. The number of hydrogen-bond acceptors (Lipinski definition) is 6. The third-order valence-corrected chi connectivity index (χ3v) is 2.34. The molecule has 0 amide bonds. The average molecular weight is 258 g/mol. The van der Waals surface area contributed by atoms with Crippen LogP contribution in [0.2, 0.25) is 0 Å². The Morgan fingerprint density at radius 2 is 1.00 bits per heavy atom. The Hall–Kier alpha value is -1.72. The van der Waals surface area contributed by atoms with Crippen molar-refractivity contribution in [3.8, 4) is 0 Å². The number of ketones is 2. The highest BCUT2D eigenvalue weighted by Gasteiger charge is 2.14. The summed E-state index contributed by atoms with van der Waals surface area (Å²) in [5, 5.41) is 0. The van der Waals surface area contributed by atoms with Gasteiger partial charge in [0.1, 0.15) is 0 Å². The van der Waals surface area contributed by atoms with Gasteiger partial charge in [-0.15, -0.1) is 0 Å². The normalized spacial score (nSPS) is 9.67. The van der Waals surface area contributed by atoms with Crippen LogP contribution in [-0.2, 0) is 28.7 Å². The highest BCUT2D eigenvalue weighted by Crippen LogP contribution is 2.04. The molecular weight excluding hydrogens is 240 g/mol. The van der Waals surface area contributed by atoms with Gasteiger partial charge in [0.15, 0.2) is 11.6 Å². The fourth-order valence-corrected chi connectivity index (χ4v) is 1.27. The van der Waals surface area contributed by atoms with Gasteiger partial charge in [-0.2, -0.15) is 0 Å². The minimum absolute atomic E-state index is 0.0339. The van der Waals surface area contributed by atoms with E-state index < -0.39 is 23.5 Å². The van der Waals surface area contributed by atoms with Crippen LogP contribution in [0.15, 0.2) is 0 Å². The quantitative estimate of drug-likeness (QED) is 0.449. The van der Waals surface area contributed by atoms with E-state index in [9.17, 15) is 19.2 Å². The maximum Gasteiger partial charge on any atom is 0.305 e. The summed E-state index contributed by atoms with van der Waals surface area (Å²) in [5.74, 6) is -1.82. The number of carbonyl (C=O) groups excluding carboxylic acids is 4. The minimum atomic E-state index is -0.510. The van der Waals surface area contributed by atoms with E-state index in [1.165, 1.54) is 14.2 Å². The van der Waals surface area contributed by atoms with E-state index in [-0.39, 0.29) is 25.7 Å². The third-order valence-electron chi connectivity index (χ3n) is 2.34. The predicted molar refractivity (Wildman–Crippen MR) is 61.7 cm³/mol. The Morgan fingerprint density at radius 1 is 0.667 bits per heavy atom. The number of rotatable bonds is 9. The minimum Gasteiger partial charge on any atom is -0.469 e. The van der Waals surface area contributed by atoms with Crippen molar-refractivity contribution < 1.29 is 28.7 Å². The second-order valence-electron chi connectivity index (χ2n) is 3.71. The Labute approximate surface area is 106 Å². The Balaban J connectivity index is 3.73. The van der Waals surface area contributed by atoms with E-state index in [2.05, 4.69) is 9.47 Å². The standard InChI is InChI=1S/C12H18O6/c1-17-11(15)7-3-5-9(13)10(14)6-4-8-12(16)18-2/h3-8H2,1-2H3. The molecule has 0 radical (unpaired) electrons. The largest absolute Gasteiger partial charge is 0.469 e. The fraction of sp³-hybridized carbons (Fsp3) is 0.667. The monoisotopic (exact) mass is 258 g/mol. The zero-order valence-corrected chi connectivity index (χ0v) is 10.7. The molecule has 0 heterocycles. The highest BCUT2D eigenvalue weighted by molar-refractivity contribution is 6.37. The summed E-state index contributed by atoms with van der Waals surface area (Å²) in [6.45, 7) is 0. The first-order chi connectivity index (χ1) is 8.51. The van der Waals surface area contributed by atoms with Crippen LogP contribution in [0.5, 0.6) is 0 Å².